The summed E-state index contributed by atoms with van der Waals surface area (Å²) in [6.45, 7) is 6.39. The van der Waals surface area contributed by atoms with E-state index in [4.69, 9.17) is 27.9 Å². The normalized spacial score (nSPS) is 12.1. The molecular formula is C18H19Cl2NO3S. The summed E-state index contributed by atoms with van der Waals surface area (Å²) in [6, 6.07) is 9.61. The molecule has 134 valence electrons. The molecule has 0 N–H and O–H groups in total. The van der Waals surface area contributed by atoms with Crippen molar-refractivity contribution in [3.63, 3.8) is 0 Å². The predicted molar refractivity (Wildman–Crippen MR) is 103 cm³/mol. The van der Waals surface area contributed by atoms with Gasteiger partial charge in [0.15, 0.2) is 5.75 Å². The van der Waals surface area contributed by atoms with Crippen molar-refractivity contribution >= 4 is 39.4 Å². The molecule has 25 heavy (non-hydrogen) atoms. The van der Waals surface area contributed by atoms with Gasteiger partial charge in [-0.05, 0) is 42.7 Å². The minimum Gasteiger partial charge on any atom is -0.490 e. The fraction of sp³-hybridized carbons (Fsp3) is 0.278. The van der Waals surface area contributed by atoms with Crippen molar-refractivity contribution in [3.05, 3.63) is 57.6 Å². The fourth-order valence-electron chi connectivity index (χ4n) is 1.94. The molecule has 0 fully saturated rings. The average molecular weight is 400 g/mol. The van der Waals surface area contributed by atoms with Crippen LogP contribution in [0.2, 0.25) is 10.0 Å². The van der Waals surface area contributed by atoms with Crippen molar-refractivity contribution in [2.75, 3.05) is 6.61 Å². The highest BCUT2D eigenvalue weighted by Gasteiger charge is 2.13. The van der Waals surface area contributed by atoms with Crippen LogP contribution in [0.5, 0.6) is 5.75 Å². The van der Waals surface area contributed by atoms with Crippen LogP contribution >= 0.6 is 23.2 Å². The molecule has 4 nitrogen and oxygen atoms in total. The van der Waals surface area contributed by atoms with Crippen molar-refractivity contribution < 1.29 is 13.2 Å². The molecule has 0 bridgehead atoms. The van der Waals surface area contributed by atoms with Crippen molar-refractivity contribution in [3.8, 4) is 5.75 Å². The Labute approximate surface area is 158 Å². The van der Waals surface area contributed by atoms with Crippen LogP contribution in [0.4, 0.5) is 0 Å². The van der Waals surface area contributed by atoms with Crippen molar-refractivity contribution in [2.24, 2.45) is 10.3 Å². The lowest BCUT2D eigenvalue weighted by atomic mass is 10.2. The topological polar surface area (TPSA) is 55.7 Å². The first-order valence-electron chi connectivity index (χ1n) is 7.68. The predicted octanol–water partition coefficient (Wildman–Crippen LogP) is 5.14. The highest BCUT2D eigenvalue weighted by molar-refractivity contribution is 7.90. The van der Waals surface area contributed by atoms with E-state index in [1.807, 2.05) is 20.8 Å². The Morgan fingerprint density at radius 2 is 1.68 bits per heavy atom. The fourth-order valence-corrected chi connectivity index (χ4v) is 3.42. The standard InChI is InChI=1S/C18H19Cl2NO3S/c1-12(2)11-24-18-16(19)8-14(9-17(18)20)10-21-25(22,23)15-6-4-13(3)5-7-15/h4-10,12H,11H2,1-3H3/b21-10-. The largest absolute Gasteiger partial charge is 0.490 e. The summed E-state index contributed by atoms with van der Waals surface area (Å²) < 4.78 is 33.8. The second-order valence-electron chi connectivity index (χ2n) is 6.04. The Kier molecular flexibility index (Phi) is 6.49. The molecule has 0 spiro atoms. The lowest BCUT2D eigenvalue weighted by molar-refractivity contribution is 0.271. The molecule has 0 saturated carbocycles. The molecule has 0 amide bonds. The summed E-state index contributed by atoms with van der Waals surface area (Å²) in [5.41, 5.74) is 1.45. The first-order valence-corrected chi connectivity index (χ1v) is 9.87. The molecule has 0 aromatic heterocycles. The maximum Gasteiger partial charge on any atom is 0.282 e. The zero-order valence-corrected chi connectivity index (χ0v) is 16.5. The number of rotatable bonds is 6. The van der Waals surface area contributed by atoms with E-state index in [9.17, 15) is 8.42 Å². The Morgan fingerprint density at radius 1 is 1.12 bits per heavy atom. The quantitative estimate of drug-likeness (QED) is 0.631. The van der Waals surface area contributed by atoms with E-state index < -0.39 is 10.0 Å². The van der Waals surface area contributed by atoms with Gasteiger partial charge in [-0.3, -0.25) is 0 Å². The van der Waals surface area contributed by atoms with Crippen LogP contribution in [0.3, 0.4) is 0 Å². The van der Waals surface area contributed by atoms with Crippen molar-refractivity contribution in [1.29, 1.82) is 0 Å². The van der Waals surface area contributed by atoms with Gasteiger partial charge in [-0.2, -0.15) is 12.8 Å². The summed E-state index contributed by atoms with van der Waals surface area (Å²) in [5.74, 6) is 0.712. The van der Waals surface area contributed by atoms with Gasteiger partial charge < -0.3 is 4.74 Å². The molecule has 0 radical (unpaired) electrons. The average Bonchev–Trinajstić information content (AvgIpc) is 2.52. The maximum absolute atomic E-state index is 12.2. The molecule has 2 aromatic rings. The van der Waals surface area contributed by atoms with Crippen LogP contribution in [0.25, 0.3) is 0 Å². The van der Waals surface area contributed by atoms with Crippen molar-refractivity contribution in [2.45, 2.75) is 25.7 Å². The van der Waals surface area contributed by atoms with Gasteiger partial charge in [0, 0.05) is 6.21 Å². The van der Waals surface area contributed by atoms with E-state index >= 15 is 0 Å². The summed E-state index contributed by atoms with van der Waals surface area (Å²) in [5, 5.41) is 0.615. The number of hydrogen-bond acceptors (Lipinski definition) is 3. The van der Waals surface area contributed by atoms with Crippen LogP contribution in [0.1, 0.15) is 25.0 Å². The summed E-state index contributed by atoms with van der Waals surface area (Å²) in [4.78, 5) is 0.128. The Hall–Kier alpha value is -1.56. The highest BCUT2D eigenvalue weighted by atomic mass is 35.5. The molecule has 0 unspecified atom stereocenters. The number of halogens is 2. The second-order valence-corrected chi connectivity index (χ2v) is 8.49. The molecule has 0 heterocycles. The van der Waals surface area contributed by atoms with Crippen LogP contribution in [0, 0.1) is 12.8 Å². The third-order valence-electron chi connectivity index (χ3n) is 3.24. The molecule has 0 atom stereocenters. The SMILES string of the molecule is Cc1ccc(S(=O)(=O)/N=C\c2cc(Cl)c(OCC(C)C)c(Cl)c2)cc1. The molecule has 2 rings (SSSR count). The summed E-state index contributed by atoms with van der Waals surface area (Å²) >= 11 is 12.4. The third-order valence-corrected chi connectivity index (χ3v) is 5.05. The van der Waals surface area contributed by atoms with E-state index in [0.717, 1.165) is 5.56 Å². The minimum absolute atomic E-state index is 0.128. The Morgan fingerprint density at radius 3 is 2.20 bits per heavy atom. The summed E-state index contributed by atoms with van der Waals surface area (Å²) in [6.07, 6.45) is 1.22. The Bertz CT molecular complexity index is 853. The number of ether oxygens (including phenoxy) is 1. The van der Waals surface area contributed by atoms with Crippen LogP contribution < -0.4 is 4.74 Å². The third kappa shape index (κ3) is 5.46. The first kappa shape index (κ1) is 19.8. The van der Waals surface area contributed by atoms with Crippen LogP contribution in [-0.4, -0.2) is 21.2 Å². The maximum atomic E-state index is 12.2. The van der Waals surface area contributed by atoms with E-state index in [1.165, 1.54) is 18.3 Å². The van der Waals surface area contributed by atoms with Gasteiger partial charge in [0.25, 0.3) is 10.0 Å². The minimum atomic E-state index is -3.78. The van der Waals surface area contributed by atoms with Crippen LogP contribution in [-0.2, 0) is 10.0 Å². The Balaban J connectivity index is 2.25. The highest BCUT2D eigenvalue weighted by Crippen LogP contribution is 2.34. The van der Waals surface area contributed by atoms with Crippen LogP contribution in [0.15, 0.2) is 45.7 Å². The van der Waals surface area contributed by atoms with E-state index in [2.05, 4.69) is 4.40 Å². The van der Waals surface area contributed by atoms with E-state index in [-0.39, 0.29) is 4.90 Å². The molecular weight excluding hydrogens is 381 g/mol. The number of sulfonamides is 1. The monoisotopic (exact) mass is 399 g/mol. The smallest absolute Gasteiger partial charge is 0.282 e. The van der Waals surface area contributed by atoms with Gasteiger partial charge >= 0.3 is 0 Å². The zero-order valence-electron chi connectivity index (χ0n) is 14.2. The molecule has 7 heteroatoms. The van der Waals surface area contributed by atoms with Gasteiger partial charge in [0.2, 0.25) is 0 Å². The number of nitrogens with zero attached hydrogens (tertiary/aromatic N) is 1. The molecule has 2 aromatic carbocycles. The van der Waals surface area contributed by atoms with Gasteiger partial charge in [-0.25, -0.2) is 0 Å². The molecule has 0 aliphatic rings. The lowest BCUT2D eigenvalue weighted by Gasteiger charge is -2.12. The van der Waals surface area contributed by atoms with Gasteiger partial charge in [-0.1, -0.05) is 54.7 Å². The molecule has 0 aliphatic heterocycles. The van der Waals surface area contributed by atoms with E-state index in [1.54, 1.807) is 24.3 Å². The number of aryl methyl sites for hydroxylation is 1. The van der Waals surface area contributed by atoms with E-state index in [0.29, 0.717) is 33.9 Å². The first-order chi connectivity index (χ1) is 11.7. The van der Waals surface area contributed by atoms with Gasteiger partial charge in [0.05, 0.1) is 21.5 Å². The lowest BCUT2D eigenvalue weighted by Crippen LogP contribution is -2.05. The number of benzene rings is 2. The summed E-state index contributed by atoms with van der Waals surface area (Å²) in [7, 11) is -3.78. The van der Waals surface area contributed by atoms with Crippen molar-refractivity contribution in [1.82, 2.24) is 0 Å². The van der Waals surface area contributed by atoms with Gasteiger partial charge in [0.1, 0.15) is 0 Å². The molecule has 0 aliphatic carbocycles. The van der Waals surface area contributed by atoms with Gasteiger partial charge in [-0.15, -0.1) is 0 Å². The second kappa shape index (κ2) is 8.21. The number of hydrogen-bond donors (Lipinski definition) is 0. The zero-order chi connectivity index (χ0) is 18.6. The molecule has 0 saturated heterocycles.